The molecule has 22 heavy (non-hydrogen) atoms. The summed E-state index contributed by atoms with van der Waals surface area (Å²) in [4.78, 5) is 0. The van der Waals surface area contributed by atoms with Crippen LogP contribution in [0.3, 0.4) is 0 Å². The van der Waals surface area contributed by atoms with E-state index in [-0.39, 0.29) is 0 Å². The average Bonchev–Trinajstić information content (AvgIpc) is 2.53. The number of rotatable bonds is 6. The fourth-order valence-corrected chi connectivity index (χ4v) is 3.02. The number of benzene rings is 1. The molecule has 1 unspecified atom stereocenters. The minimum atomic E-state index is 0.370. The molecule has 3 heteroatoms. The Morgan fingerprint density at radius 3 is 2.05 bits per heavy atom. The number of hydrogen-bond acceptors (Lipinski definition) is 3. The van der Waals surface area contributed by atoms with Crippen LogP contribution < -0.4 is 10.1 Å². The first-order valence-corrected chi connectivity index (χ1v) is 8.51. The van der Waals surface area contributed by atoms with Gasteiger partial charge in [0.1, 0.15) is 5.75 Å². The fourth-order valence-electron chi connectivity index (χ4n) is 3.02. The van der Waals surface area contributed by atoms with Gasteiger partial charge in [0, 0.05) is 12.6 Å². The second-order valence-electron chi connectivity index (χ2n) is 7.10. The first kappa shape index (κ1) is 17.3. The van der Waals surface area contributed by atoms with Crippen molar-refractivity contribution >= 4 is 0 Å². The van der Waals surface area contributed by atoms with E-state index >= 15 is 0 Å². The largest absolute Gasteiger partial charge is 0.497 e. The molecule has 124 valence electrons. The molecule has 0 bridgehead atoms. The van der Waals surface area contributed by atoms with Gasteiger partial charge >= 0.3 is 0 Å². The highest BCUT2D eigenvalue weighted by Crippen LogP contribution is 2.28. The summed E-state index contributed by atoms with van der Waals surface area (Å²) in [7, 11) is 1.70. The smallest absolute Gasteiger partial charge is 0.118 e. The molecule has 1 heterocycles. The number of nitrogens with one attached hydrogen (secondary N) is 1. The Morgan fingerprint density at radius 1 is 1.05 bits per heavy atom. The van der Waals surface area contributed by atoms with Crippen LogP contribution in [0.15, 0.2) is 24.3 Å². The first-order valence-electron chi connectivity index (χ1n) is 8.51. The van der Waals surface area contributed by atoms with Gasteiger partial charge in [0.2, 0.25) is 0 Å². The molecule has 3 nitrogen and oxygen atoms in total. The van der Waals surface area contributed by atoms with Gasteiger partial charge in [-0.3, -0.25) is 0 Å². The summed E-state index contributed by atoms with van der Waals surface area (Å²) in [5, 5.41) is 3.72. The Balaban J connectivity index is 1.92. The maximum atomic E-state index is 6.27. The minimum absolute atomic E-state index is 0.370. The summed E-state index contributed by atoms with van der Waals surface area (Å²) in [5.41, 5.74) is 1.30. The van der Waals surface area contributed by atoms with Crippen LogP contribution in [0.5, 0.6) is 5.75 Å². The zero-order chi connectivity index (χ0) is 16.1. The van der Waals surface area contributed by atoms with E-state index in [0.29, 0.717) is 30.1 Å². The lowest BCUT2D eigenvalue weighted by Gasteiger charge is -2.39. The standard InChI is InChI=1S/C19H31NO2/c1-13(2)18-10-16(11-19(22-18)14(3)4)20-12-15-6-8-17(21-5)9-7-15/h6-9,13-14,16,18-20H,10-12H2,1-5H3/t16?,18-,19+. The van der Waals surface area contributed by atoms with Crippen LogP contribution in [-0.2, 0) is 11.3 Å². The normalized spacial score (nSPS) is 25.7. The summed E-state index contributed by atoms with van der Waals surface area (Å²) in [5.74, 6) is 2.06. The van der Waals surface area contributed by atoms with Gasteiger partial charge in [-0.25, -0.2) is 0 Å². The summed E-state index contributed by atoms with van der Waals surface area (Å²) >= 11 is 0. The molecule has 0 saturated carbocycles. The highest BCUT2D eigenvalue weighted by Gasteiger charge is 2.32. The van der Waals surface area contributed by atoms with E-state index in [2.05, 4.69) is 45.1 Å². The topological polar surface area (TPSA) is 30.5 Å². The van der Waals surface area contributed by atoms with Crippen LogP contribution in [0.25, 0.3) is 0 Å². The first-order chi connectivity index (χ1) is 10.5. The molecule has 1 N–H and O–H groups in total. The van der Waals surface area contributed by atoms with Crippen molar-refractivity contribution in [2.45, 2.75) is 65.3 Å². The van der Waals surface area contributed by atoms with Crippen LogP contribution in [0.4, 0.5) is 0 Å². The monoisotopic (exact) mass is 305 g/mol. The third kappa shape index (κ3) is 4.72. The molecule has 1 saturated heterocycles. The van der Waals surface area contributed by atoms with E-state index in [1.54, 1.807) is 7.11 Å². The number of hydrogen-bond donors (Lipinski definition) is 1. The summed E-state index contributed by atoms with van der Waals surface area (Å²) < 4.78 is 11.5. The van der Waals surface area contributed by atoms with Gasteiger partial charge in [-0.05, 0) is 42.4 Å². The Kier molecular flexibility index (Phi) is 6.27. The minimum Gasteiger partial charge on any atom is -0.497 e. The highest BCUT2D eigenvalue weighted by atomic mass is 16.5. The third-order valence-electron chi connectivity index (χ3n) is 4.62. The van der Waals surface area contributed by atoms with Gasteiger partial charge in [-0.2, -0.15) is 0 Å². The molecule has 2 rings (SSSR count). The van der Waals surface area contributed by atoms with Gasteiger partial charge < -0.3 is 14.8 Å². The molecule has 1 fully saturated rings. The summed E-state index contributed by atoms with van der Waals surface area (Å²) in [6.07, 6.45) is 2.96. The molecule has 1 aliphatic rings. The third-order valence-corrected chi connectivity index (χ3v) is 4.62. The van der Waals surface area contributed by atoms with Crippen molar-refractivity contribution < 1.29 is 9.47 Å². The molecule has 0 amide bonds. The molecule has 1 aliphatic heterocycles. The van der Waals surface area contributed by atoms with E-state index in [0.717, 1.165) is 25.1 Å². The van der Waals surface area contributed by atoms with E-state index in [1.807, 2.05) is 12.1 Å². The quantitative estimate of drug-likeness (QED) is 0.861. The van der Waals surface area contributed by atoms with Gasteiger partial charge in [0.05, 0.1) is 19.3 Å². The molecule has 0 spiro atoms. The van der Waals surface area contributed by atoms with Crippen LogP contribution in [0.1, 0.15) is 46.1 Å². The van der Waals surface area contributed by atoms with E-state index in [4.69, 9.17) is 9.47 Å². The highest BCUT2D eigenvalue weighted by molar-refractivity contribution is 5.27. The maximum Gasteiger partial charge on any atom is 0.118 e. The van der Waals surface area contributed by atoms with Gasteiger partial charge in [0.25, 0.3) is 0 Å². The lowest BCUT2D eigenvalue weighted by molar-refractivity contribution is -0.0995. The van der Waals surface area contributed by atoms with E-state index < -0.39 is 0 Å². The van der Waals surface area contributed by atoms with Crippen molar-refractivity contribution in [3.63, 3.8) is 0 Å². The van der Waals surface area contributed by atoms with Crippen molar-refractivity contribution in [3.05, 3.63) is 29.8 Å². The number of methoxy groups -OCH3 is 1. The molecule has 0 radical (unpaired) electrons. The number of ether oxygens (including phenoxy) is 2. The lowest BCUT2D eigenvalue weighted by Crippen LogP contribution is -2.46. The molecule has 3 atom stereocenters. The SMILES string of the molecule is COc1ccc(CNC2C[C@@H](C(C)C)O[C@@H](C(C)C)C2)cc1. The Labute approximate surface area is 135 Å². The molecule has 1 aromatic rings. The fraction of sp³-hybridized carbons (Fsp3) is 0.684. The van der Waals surface area contributed by atoms with Gasteiger partial charge in [0.15, 0.2) is 0 Å². The van der Waals surface area contributed by atoms with Gasteiger partial charge in [-0.15, -0.1) is 0 Å². The van der Waals surface area contributed by atoms with Crippen LogP contribution in [-0.4, -0.2) is 25.4 Å². The average molecular weight is 305 g/mol. The van der Waals surface area contributed by atoms with Crippen molar-refractivity contribution in [1.82, 2.24) is 5.32 Å². The maximum absolute atomic E-state index is 6.27. The zero-order valence-electron chi connectivity index (χ0n) is 14.6. The van der Waals surface area contributed by atoms with Crippen molar-refractivity contribution in [2.75, 3.05) is 7.11 Å². The molecular weight excluding hydrogens is 274 g/mol. The van der Waals surface area contributed by atoms with Crippen LogP contribution in [0.2, 0.25) is 0 Å². The summed E-state index contributed by atoms with van der Waals surface area (Å²) in [6, 6.07) is 8.84. The van der Waals surface area contributed by atoms with E-state index in [1.165, 1.54) is 5.56 Å². The van der Waals surface area contributed by atoms with Crippen molar-refractivity contribution in [2.24, 2.45) is 11.8 Å². The zero-order valence-corrected chi connectivity index (χ0v) is 14.6. The van der Waals surface area contributed by atoms with Crippen molar-refractivity contribution in [1.29, 1.82) is 0 Å². The molecule has 0 aliphatic carbocycles. The van der Waals surface area contributed by atoms with Crippen LogP contribution >= 0.6 is 0 Å². The van der Waals surface area contributed by atoms with E-state index in [9.17, 15) is 0 Å². The Hall–Kier alpha value is -1.06. The summed E-state index contributed by atoms with van der Waals surface area (Å²) in [6.45, 7) is 9.94. The predicted molar refractivity (Wildman–Crippen MR) is 91.2 cm³/mol. The molecular formula is C19H31NO2. The van der Waals surface area contributed by atoms with Crippen LogP contribution in [0, 0.1) is 11.8 Å². The second kappa shape index (κ2) is 7.98. The lowest BCUT2D eigenvalue weighted by atomic mass is 9.88. The molecule has 1 aromatic carbocycles. The predicted octanol–water partition coefficient (Wildman–Crippen LogP) is 4.01. The van der Waals surface area contributed by atoms with Crippen molar-refractivity contribution in [3.8, 4) is 5.75 Å². The Bertz CT molecular complexity index is 425. The Morgan fingerprint density at radius 2 is 1.59 bits per heavy atom. The molecule has 0 aromatic heterocycles. The van der Waals surface area contributed by atoms with Gasteiger partial charge in [-0.1, -0.05) is 39.8 Å². The second-order valence-corrected chi connectivity index (χ2v) is 7.10.